The van der Waals surface area contributed by atoms with E-state index in [4.69, 9.17) is 9.47 Å². The van der Waals surface area contributed by atoms with Crippen LogP contribution in [-0.2, 0) is 9.53 Å². The number of nitrogens with zero attached hydrogens (tertiary/aromatic N) is 3. The van der Waals surface area contributed by atoms with Crippen LogP contribution in [0, 0.1) is 24.0 Å². The van der Waals surface area contributed by atoms with E-state index in [9.17, 15) is 19.7 Å². The Hall–Kier alpha value is -4.21. The fraction of sp³-hybridized carbons (Fsp3) is 0.227. The molecule has 0 aliphatic rings. The van der Waals surface area contributed by atoms with Crippen molar-refractivity contribution in [1.82, 2.24) is 9.78 Å². The Bertz CT molecular complexity index is 1150. The lowest BCUT2D eigenvalue weighted by Crippen LogP contribution is -2.21. The maximum atomic E-state index is 12.4. The van der Waals surface area contributed by atoms with E-state index in [-0.39, 0.29) is 30.3 Å². The number of amides is 1. The number of aryl methyl sites for hydroxylation is 1. The summed E-state index contributed by atoms with van der Waals surface area (Å²) in [6.07, 6.45) is 1.42. The van der Waals surface area contributed by atoms with E-state index < -0.39 is 16.8 Å². The van der Waals surface area contributed by atoms with Crippen molar-refractivity contribution in [2.24, 2.45) is 0 Å². The molecule has 0 aliphatic carbocycles. The predicted molar refractivity (Wildman–Crippen MR) is 116 cm³/mol. The number of hydrogen-bond donors (Lipinski definition) is 1. The van der Waals surface area contributed by atoms with Crippen LogP contribution in [0.3, 0.4) is 0 Å². The van der Waals surface area contributed by atoms with E-state index in [0.717, 1.165) is 11.1 Å². The Kier molecular flexibility index (Phi) is 6.83. The normalized spacial score (nSPS) is 10.5. The molecule has 1 amide bonds. The number of nitro benzene ring substituents is 1. The van der Waals surface area contributed by atoms with Crippen molar-refractivity contribution in [3.8, 4) is 11.4 Å². The van der Waals surface area contributed by atoms with Crippen LogP contribution in [-0.4, -0.2) is 39.8 Å². The van der Waals surface area contributed by atoms with E-state index in [0.29, 0.717) is 11.4 Å². The van der Waals surface area contributed by atoms with E-state index in [2.05, 4.69) is 10.4 Å². The van der Waals surface area contributed by atoms with Crippen LogP contribution < -0.4 is 10.1 Å². The van der Waals surface area contributed by atoms with E-state index in [1.54, 1.807) is 13.0 Å². The summed E-state index contributed by atoms with van der Waals surface area (Å²) >= 11 is 0. The van der Waals surface area contributed by atoms with Crippen LogP contribution in [0.1, 0.15) is 28.5 Å². The molecule has 0 saturated heterocycles. The smallest absolute Gasteiger partial charge is 0.362 e. The van der Waals surface area contributed by atoms with Gasteiger partial charge in [-0.25, -0.2) is 9.48 Å². The molecular formula is C22H22N4O6. The second kappa shape index (κ2) is 9.73. The second-order valence-corrected chi connectivity index (χ2v) is 6.86. The number of rotatable bonds is 8. The number of aromatic nitrogens is 2. The zero-order valence-corrected chi connectivity index (χ0v) is 17.8. The molecule has 1 N–H and O–H groups in total. The number of carbonyl (C=O) groups is 2. The Morgan fingerprint density at radius 1 is 1.16 bits per heavy atom. The van der Waals surface area contributed by atoms with Crippen molar-refractivity contribution < 1.29 is 24.0 Å². The second-order valence-electron chi connectivity index (χ2n) is 6.86. The quantitative estimate of drug-likeness (QED) is 0.324. The summed E-state index contributed by atoms with van der Waals surface area (Å²) in [5, 5.41) is 17.8. The molecule has 0 saturated carbocycles. The minimum absolute atomic E-state index is 0.0536. The third-order valence-electron chi connectivity index (χ3n) is 4.71. The summed E-state index contributed by atoms with van der Waals surface area (Å²) in [6, 6.07) is 11.2. The van der Waals surface area contributed by atoms with Crippen molar-refractivity contribution in [1.29, 1.82) is 0 Å². The molecule has 2 aromatic carbocycles. The molecule has 0 radical (unpaired) electrons. The molecule has 0 spiro atoms. The molecule has 10 heteroatoms. The topological polar surface area (TPSA) is 126 Å². The lowest BCUT2D eigenvalue weighted by atomic mass is 10.1. The van der Waals surface area contributed by atoms with Gasteiger partial charge in [-0.1, -0.05) is 12.1 Å². The summed E-state index contributed by atoms with van der Waals surface area (Å²) < 4.78 is 11.9. The highest BCUT2D eigenvalue weighted by Gasteiger charge is 2.21. The minimum atomic E-state index is -0.710. The Morgan fingerprint density at radius 2 is 1.88 bits per heavy atom. The van der Waals surface area contributed by atoms with Gasteiger partial charge in [-0.2, -0.15) is 5.10 Å². The van der Waals surface area contributed by atoms with Gasteiger partial charge in [0.05, 0.1) is 23.4 Å². The molecule has 166 valence electrons. The average molecular weight is 438 g/mol. The summed E-state index contributed by atoms with van der Waals surface area (Å²) in [5.74, 6) is -1.06. The highest BCUT2D eigenvalue weighted by molar-refractivity contribution is 5.93. The number of benzene rings is 2. The molecular weight excluding hydrogens is 416 g/mol. The Morgan fingerprint density at radius 3 is 2.53 bits per heavy atom. The predicted octanol–water partition coefficient (Wildman–Crippen LogP) is 3.59. The highest BCUT2D eigenvalue weighted by Crippen LogP contribution is 2.23. The number of nitrogens with one attached hydrogen (secondary N) is 1. The highest BCUT2D eigenvalue weighted by atomic mass is 16.6. The first kappa shape index (κ1) is 22.5. The molecule has 3 rings (SSSR count). The van der Waals surface area contributed by atoms with Crippen molar-refractivity contribution in [2.75, 3.05) is 18.5 Å². The first-order valence-corrected chi connectivity index (χ1v) is 9.80. The summed E-state index contributed by atoms with van der Waals surface area (Å²) in [6.45, 7) is 5.28. The van der Waals surface area contributed by atoms with Crippen molar-refractivity contribution >= 4 is 23.3 Å². The van der Waals surface area contributed by atoms with Gasteiger partial charge in [0.15, 0.2) is 12.4 Å². The molecule has 3 aromatic rings. The fourth-order valence-corrected chi connectivity index (χ4v) is 2.88. The molecule has 10 nitrogen and oxygen atoms in total. The molecule has 0 fully saturated rings. The lowest BCUT2D eigenvalue weighted by molar-refractivity contribution is -0.384. The third-order valence-corrected chi connectivity index (χ3v) is 4.71. The van der Waals surface area contributed by atoms with Crippen LogP contribution in [0.2, 0.25) is 0 Å². The van der Waals surface area contributed by atoms with E-state index >= 15 is 0 Å². The van der Waals surface area contributed by atoms with Crippen LogP contribution in [0.25, 0.3) is 5.69 Å². The third kappa shape index (κ3) is 5.09. The number of hydrogen-bond acceptors (Lipinski definition) is 7. The summed E-state index contributed by atoms with van der Waals surface area (Å²) in [7, 11) is 0. The number of esters is 1. The van der Waals surface area contributed by atoms with Crippen LogP contribution in [0.5, 0.6) is 5.75 Å². The number of carbonyl (C=O) groups excluding carboxylic acids is 2. The standard InChI is InChI=1S/C22H22N4O6/c1-4-31-22(28)21-19(12-25(24-21)16-8-10-17(11-9-16)26(29)30)32-13-20(27)23-18-7-5-6-14(2)15(18)3/h5-12H,4,13H2,1-3H3,(H,23,27). The van der Waals surface area contributed by atoms with Gasteiger partial charge in [-0.15, -0.1) is 0 Å². The summed E-state index contributed by atoms with van der Waals surface area (Å²) in [4.78, 5) is 35.0. The van der Waals surface area contributed by atoms with Gasteiger partial charge in [0.2, 0.25) is 5.69 Å². The van der Waals surface area contributed by atoms with Gasteiger partial charge in [0.1, 0.15) is 0 Å². The van der Waals surface area contributed by atoms with Crippen molar-refractivity contribution in [3.63, 3.8) is 0 Å². The SMILES string of the molecule is CCOC(=O)c1nn(-c2ccc([N+](=O)[O-])cc2)cc1OCC(=O)Nc1cccc(C)c1C. The monoisotopic (exact) mass is 438 g/mol. The first-order valence-electron chi connectivity index (χ1n) is 9.80. The molecule has 0 unspecified atom stereocenters. The van der Waals surface area contributed by atoms with Gasteiger partial charge < -0.3 is 14.8 Å². The number of ether oxygens (including phenoxy) is 2. The van der Waals surface area contributed by atoms with E-state index in [1.165, 1.54) is 35.1 Å². The molecule has 0 aliphatic heterocycles. The maximum Gasteiger partial charge on any atom is 0.362 e. The summed E-state index contributed by atoms with van der Waals surface area (Å²) in [5.41, 5.74) is 2.94. The minimum Gasteiger partial charge on any atom is -0.480 e. The van der Waals surface area contributed by atoms with Gasteiger partial charge in [-0.3, -0.25) is 14.9 Å². The lowest BCUT2D eigenvalue weighted by Gasteiger charge is -2.11. The van der Waals surface area contributed by atoms with Crippen molar-refractivity contribution in [3.05, 3.63) is 75.6 Å². The van der Waals surface area contributed by atoms with Gasteiger partial charge in [0.25, 0.3) is 11.6 Å². The Labute approximate surface area is 183 Å². The number of anilines is 1. The zero-order valence-electron chi connectivity index (χ0n) is 17.8. The van der Waals surface area contributed by atoms with Gasteiger partial charge in [0, 0.05) is 17.8 Å². The maximum absolute atomic E-state index is 12.4. The van der Waals surface area contributed by atoms with Gasteiger partial charge in [-0.05, 0) is 50.1 Å². The fourth-order valence-electron chi connectivity index (χ4n) is 2.88. The molecule has 32 heavy (non-hydrogen) atoms. The van der Waals surface area contributed by atoms with Gasteiger partial charge >= 0.3 is 5.97 Å². The number of nitro groups is 1. The number of non-ortho nitro benzene ring substituents is 1. The first-order chi connectivity index (χ1) is 15.3. The molecule has 1 aromatic heterocycles. The van der Waals surface area contributed by atoms with Crippen LogP contribution in [0.4, 0.5) is 11.4 Å². The molecule has 0 atom stereocenters. The Balaban J connectivity index is 1.79. The van der Waals surface area contributed by atoms with Crippen LogP contribution >= 0.6 is 0 Å². The largest absolute Gasteiger partial charge is 0.480 e. The zero-order chi connectivity index (χ0) is 23.3. The van der Waals surface area contributed by atoms with Crippen molar-refractivity contribution in [2.45, 2.75) is 20.8 Å². The molecule has 0 bridgehead atoms. The molecule has 1 heterocycles. The van der Waals surface area contributed by atoms with E-state index in [1.807, 2.05) is 26.0 Å². The van der Waals surface area contributed by atoms with Crippen LogP contribution in [0.15, 0.2) is 48.7 Å². The average Bonchev–Trinajstić information content (AvgIpc) is 3.20.